The van der Waals surface area contributed by atoms with Crippen molar-refractivity contribution in [3.8, 4) is 6.07 Å². The predicted molar refractivity (Wildman–Crippen MR) is 75.8 cm³/mol. The van der Waals surface area contributed by atoms with Crippen LogP contribution in [0.4, 0.5) is 5.69 Å². The highest BCUT2D eigenvalue weighted by Gasteiger charge is 2.01. The van der Waals surface area contributed by atoms with E-state index in [0.29, 0.717) is 12.3 Å². The van der Waals surface area contributed by atoms with E-state index in [2.05, 4.69) is 36.5 Å². The van der Waals surface area contributed by atoms with Crippen molar-refractivity contribution in [2.24, 2.45) is 0 Å². The fourth-order valence-corrected chi connectivity index (χ4v) is 1.89. The molecule has 19 heavy (non-hydrogen) atoms. The van der Waals surface area contributed by atoms with Crippen LogP contribution in [0.5, 0.6) is 0 Å². The summed E-state index contributed by atoms with van der Waals surface area (Å²) in [6.45, 7) is 2.80. The average Bonchev–Trinajstić information content (AvgIpc) is 2.92. The van der Waals surface area contributed by atoms with Crippen LogP contribution in [0, 0.1) is 11.3 Å². The molecule has 0 unspecified atom stereocenters. The Balaban J connectivity index is 1.87. The molecule has 98 valence electrons. The van der Waals surface area contributed by atoms with Crippen LogP contribution < -0.4 is 5.32 Å². The topological polar surface area (TPSA) is 49.0 Å². The van der Waals surface area contributed by atoms with Crippen LogP contribution in [-0.4, -0.2) is 0 Å². The highest BCUT2D eigenvalue weighted by atomic mass is 16.3. The number of unbranched alkanes of at least 4 members (excludes halogenated alkanes) is 1. The van der Waals surface area contributed by atoms with Gasteiger partial charge in [-0.25, -0.2) is 0 Å². The Bertz CT molecular complexity index is 549. The fourth-order valence-electron chi connectivity index (χ4n) is 1.89. The molecule has 0 radical (unpaired) electrons. The Morgan fingerprint density at radius 3 is 2.58 bits per heavy atom. The van der Waals surface area contributed by atoms with Crippen LogP contribution in [0.3, 0.4) is 0 Å². The van der Waals surface area contributed by atoms with Gasteiger partial charge in [-0.1, -0.05) is 25.5 Å². The average molecular weight is 254 g/mol. The summed E-state index contributed by atoms with van der Waals surface area (Å²) in [5.74, 6) is 1.12. The van der Waals surface area contributed by atoms with Gasteiger partial charge in [0.25, 0.3) is 0 Å². The van der Waals surface area contributed by atoms with E-state index in [1.807, 2.05) is 12.1 Å². The quantitative estimate of drug-likeness (QED) is 0.844. The first-order valence-corrected chi connectivity index (χ1v) is 6.63. The van der Waals surface area contributed by atoms with E-state index in [1.54, 1.807) is 6.07 Å². The molecule has 2 rings (SSSR count). The molecular formula is C16H18N2O. The molecule has 1 aromatic carbocycles. The van der Waals surface area contributed by atoms with E-state index >= 15 is 0 Å². The minimum atomic E-state index is 0.353. The predicted octanol–water partition coefficient (Wildman–Crippen LogP) is 4.11. The molecule has 0 spiro atoms. The minimum absolute atomic E-state index is 0.353. The van der Waals surface area contributed by atoms with Gasteiger partial charge in [-0.2, -0.15) is 5.26 Å². The first kappa shape index (κ1) is 13.2. The lowest BCUT2D eigenvalue weighted by Gasteiger charge is -2.06. The van der Waals surface area contributed by atoms with Gasteiger partial charge in [-0.3, -0.25) is 0 Å². The van der Waals surface area contributed by atoms with Gasteiger partial charge in [0.15, 0.2) is 0 Å². The smallest absolute Gasteiger partial charge is 0.203 e. The molecule has 0 atom stereocenters. The van der Waals surface area contributed by atoms with Gasteiger partial charge in [0.1, 0.15) is 11.8 Å². The van der Waals surface area contributed by atoms with Crippen LogP contribution in [0.2, 0.25) is 0 Å². The third-order valence-corrected chi connectivity index (χ3v) is 3.01. The maximum Gasteiger partial charge on any atom is 0.203 e. The number of benzene rings is 1. The molecule has 3 heteroatoms. The molecule has 0 saturated carbocycles. The molecule has 0 aliphatic heterocycles. The highest BCUT2D eigenvalue weighted by Crippen LogP contribution is 2.14. The summed E-state index contributed by atoms with van der Waals surface area (Å²) in [4.78, 5) is 0. The number of hydrogen-bond donors (Lipinski definition) is 1. The second-order valence-corrected chi connectivity index (χ2v) is 4.53. The molecule has 2 aromatic rings. The molecule has 1 aromatic heterocycles. The van der Waals surface area contributed by atoms with Crippen molar-refractivity contribution in [2.45, 2.75) is 32.7 Å². The number of anilines is 1. The SMILES string of the molecule is CCCCc1ccc(NCc2ccc(C#N)o2)cc1. The number of nitrogens with zero attached hydrogens (tertiary/aromatic N) is 1. The van der Waals surface area contributed by atoms with Gasteiger partial charge >= 0.3 is 0 Å². The molecule has 0 saturated heterocycles. The zero-order valence-corrected chi connectivity index (χ0v) is 11.1. The molecule has 0 aliphatic rings. The Hall–Kier alpha value is -2.21. The van der Waals surface area contributed by atoms with E-state index < -0.39 is 0 Å². The normalized spacial score (nSPS) is 10.1. The lowest BCUT2D eigenvalue weighted by molar-refractivity contribution is 0.506. The zero-order chi connectivity index (χ0) is 13.5. The van der Waals surface area contributed by atoms with Crippen molar-refractivity contribution in [3.05, 3.63) is 53.5 Å². The van der Waals surface area contributed by atoms with Crippen LogP contribution in [0.1, 0.15) is 36.8 Å². The van der Waals surface area contributed by atoms with Gasteiger partial charge in [0.05, 0.1) is 6.54 Å². The molecule has 3 nitrogen and oxygen atoms in total. The maximum absolute atomic E-state index is 8.67. The first-order valence-electron chi connectivity index (χ1n) is 6.63. The molecule has 1 heterocycles. The Labute approximate surface area is 113 Å². The standard InChI is InChI=1S/C16H18N2O/c1-2-3-4-13-5-7-14(8-6-13)18-12-16-10-9-15(11-17)19-16/h5-10,18H,2-4,12H2,1H3. The van der Waals surface area contributed by atoms with Crippen LogP contribution in [-0.2, 0) is 13.0 Å². The summed E-state index contributed by atoms with van der Waals surface area (Å²) in [6.07, 6.45) is 3.59. The number of nitrogens with one attached hydrogen (secondary N) is 1. The molecule has 0 amide bonds. The van der Waals surface area contributed by atoms with Crippen molar-refractivity contribution < 1.29 is 4.42 Å². The lowest BCUT2D eigenvalue weighted by Crippen LogP contribution is -1.98. The van der Waals surface area contributed by atoms with Crippen molar-refractivity contribution in [3.63, 3.8) is 0 Å². The highest BCUT2D eigenvalue weighted by molar-refractivity contribution is 5.44. The van der Waals surface area contributed by atoms with Crippen LogP contribution >= 0.6 is 0 Å². The summed E-state index contributed by atoms with van der Waals surface area (Å²) >= 11 is 0. The van der Waals surface area contributed by atoms with Crippen molar-refractivity contribution in [1.82, 2.24) is 0 Å². The summed E-state index contributed by atoms with van der Waals surface area (Å²) in [5, 5.41) is 12.0. The largest absolute Gasteiger partial charge is 0.449 e. The molecule has 0 bridgehead atoms. The molecule has 0 fully saturated rings. The van der Waals surface area contributed by atoms with E-state index in [0.717, 1.165) is 17.9 Å². The number of hydrogen-bond acceptors (Lipinski definition) is 3. The van der Waals surface area contributed by atoms with Crippen molar-refractivity contribution in [2.75, 3.05) is 5.32 Å². The van der Waals surface area contributed by atoms with Crippen molar-refractivity contribution in [1.29, 1.82) is 5.26 Å². The monoisotopic (exact) mass is 254 g/mol. The third-order valence-electron chi connectivity index (χ3n) is 3.01. The second-order valence-electron chi connectivity index (χ2n) is 4.53. The third kappa shape index (κ3) is 3.89. The molecular weight excluding hydrogens is 236 g/mol. The minimum Gasteiger partial charge on any atom is -0.449 e. The first-order chi connectivity index (χ1) is 9.31. The van der Waals surface area contributed by atoms with E-state index in [4.69, 9.17) is 9.68 Å². The summed E-state index contributed by atoms with van der Waals surface area (Å²) < 4.78 is 5.31. The summed E-state index contributed by atoms with van der Waals surface area (Å²) in [7, 11) is 0. The zero-order valence-electron chi connectivity index (χ0n) is 11.1. The fraction of sp³-hybridized carbons (Fsp3) is 0.312. The molecule has 1 N–H and O–H groups in total. The molecule has 0 aliphatic carbocycles. The van der Waals surface area contributed by atoms with E-state index in [1.165, 1.54) is 18.4 Å². The maximum atomic E-state index is 8.67. The number of furan rings is 1. The Morgan fingerprint density at radius 2 is 1.95 bits per heavy atom. The number of aryl methyl sites for hydroxylation is 1. The number of rotatable bonds is 6. The summed E-state index contributed by atoms with van der Waals surface area (Å²) in [5.41, 5.74) is 2.44. The Morgan fingerprint density at radius 1 is 1.16 bits per heavy atom. The van der Waals surface area contributed by atoms with Gasteiger partial charge in [0, 0.05) is 5.69 Å². The van der Waals surface area contributed by atoms with Crippen LogP contribution in [0.15, 0.2) is 40.8 Å². The lowest BCUT2D eigenvalue weighted by atomic mass is 10.1. The number of nitriles is 1. The van der Waals surface area contributed by atoms with Gasteiger partial charge in [-0.15, -0.1) is 0 Å². The second kappa shape index (κ2) is 6.65. The Kier molecular flexibility index (Phi) is 4.63. The van der Waals surface area contributed by atoms with Crippen molar-refractivity contribution >= 4 is 5.69 Å². The van der Waals surface area contributed by atoms with Gasteiger partial charge in [0.2, 0.25) is 5.76 Å². The summed E-state index contributed by atoms with van der Waals surface area (Å²) in [6, 6.07) is 14.0. The van der Waals surface area contributed by atoms with Gasteiger partial charge < -0.3 is 9.73 Å². The van der Waals surface area contributed by atoms with Gasteiger partial charge in [-0.05, 0) is 42.7 Å². The van der Waals surface area contributed by atoms with E-state index in [-0.39, 0.29) is 0 Å². The van der Waals surface area contributed by atoms with E-state index in [9.17, 15) is 0 Å². The van der Waals surface area contributed by atoms with Crippen LogP contribution in [0.25, 0.3) is 0 Å².